The van der Waals surface area contributed by atoms with Gasteiger partial charge in [-0.15, -0.1) is 0 Å². The number of nitrogens with zero attached hydrogens (tertiary/aromatic N) is 3. The summed E-state index contributed by atoms with van der Waals surface area (Å²) in [4.78, 5) is 27.1. The molecule has 2 heterocycles. The molecule has 2 fully saturated rings. The Labute approximate surface area is 189 Å². The molecule has 0 bridgehead atoms. The molecular weight excluding hydrogens is 415 g/mol. The Morgan fingerprint density at radius 3 is 2.03 bits per heavy atom. The van der Waals surface area contributed by atoms with Crippen molar-refractivity contribution >= 4 is 16.6 Å². The molecule has 0 amide bonds. The third-order valence-electron chi connectivity index (χ3n) is 5.40. The predicted octanol–water partition coefficient (Wildman–Crippen LogP) is 2.94. The summed E-state index contributed by atoms with van der Waals surface area (Å²) in [5.41, 5.74) is 0.577. The van der Waals surface area contributed by atoms with E-state index in [4.69, 9.17) is 10.9 Å². The standard InChI is InChI=1S/C18H23FN4O2.C2H6O.C2H6.CH4O/c1-11-15-13(17(24)23(20)18(25)22(15)12-6-7-12)10-14(19)16(11)21-8-4-2-3-5-9-21;1-3-2;2*1-2/h10,12H,2-9,20H2,1H3;1-2H3;1-2H3;2H,1H3. The van der Waals surface area contributed by atoms with Gasteiger partial charge in [0.15, 0.2) is 0 Å². The first-order valence-electron chi connectivity index (χ1n) is 11.3. The molecule has 0 radical (unpaired) electrons. The average molecular weight is 455 g/mol. The summed E-state index contributed by atoms with van der Waals surface area (Å²) in [6.45, 7) is 7.40. The summed E-state index contributed by atoms with van der Waals surface area (Å²) in [6, 6.07) is 1.30. The molecule has 8 nitrogen and oxygen atoms in total. The topological polar surface area (TPSA) is 103 Å². The highest BCUT2D eigenvalue weighted by Crippen LogP contribution is 2.38. The van der Waals surface area contributed by atoms with Crippen molar-refractivity contribution in [2.75, 3.05) is 45.2 Å². The van der Waals surface area contributed by atoms with Crippen LogP contribution in [-0.4, -0.2) is 48.8 Å². The smallest absolute Gasteiger partial charge is 0.350 e. The number of benzene rings is 1. The number of ether oxygens (including phenoxy) is 1. The van der Waals surface area contributed by atoms with E-state index in [2.05, 4.69) is 9.64 Å². The monoisotopic (exact) mass is 454 g/mol. The Kier molecular flexibility index (Phi) is 11.4. The van der Waals surface area contributed by atoms with Gasteiger partial charge >= 0.3 is 5.69 Å². The molecule has 9 heteroatoms. The first-order chi connectivity index (χ1) is 15.4. The zero-order valence-corrected chi connectivity index (χ0v) is 20.3. The van der Waals surface area contributed by atoms with Gasteiger partial charge in [-0.05, 0) is 38.7 Å². The van der Waals surface area contributed by atoms with Crippen molar-refractivity contribution in [3.8, 4) is 0 Å². The highest BCUT2D eigenvalue weighted by atomic mass is 19.1. The van der Waals surface area contributed by atoms with E-state index in [9.17, 15) is 14.0 Å². The summed E-state index contributed by atoms with van der Waals surface area (Å²) in [6.07, 6.45) is 6.10. The Morgan fingerprint density at radius 2 is 1.56 bits per heavy atom. The number of halogens is 1. The number of aliphatic hydroxyl groups is 1. The molecule has 2 aliphatic rings. The highest BCUT2D eigenvalue weighted by Gasteiger charge is 2.30. The maximum atomic E-state index is 14.9. The summed E-state index contributed by atoms with van der Waals surface area (Å²) in [5, 5.41) is 7.18. The number of aryl methyl sites for hydroxylation is 1. The molecule has 3 N–H and O–H groups in total. The van der Waals surface area contributed by atoms with Gasteiger partial charge in [0, 0.05) is 46.0 Å². The third kappa shape index (κ3) is 5.89. The van der Waals surface area contributed by atoms with E-state index >= 15 is 0 Å². The van der Waals surface area contributed by atoms with Gasteiger partial charge in [-0.3, -0.25) is 9.36 Å². The van der Waals surface area contributed by atoms with Gasteiger partial charge in [0.05, 0.1) is 16.6 Å². The van der Waals surface area contributed by atoms with Crippen LogP contribution in [0, 0.1) is 12.7 Å². The minimum absolute atomic E-state index is 0.0477. The Hall–Kier alpha value is -2.39. The van der Waals surface area contributed by atoms with Crippen LogP contribution in [0.15, 0.2) is 15.7 Å². The molecule has 182 valence electrons. The van der Waals surface area contributed by atoms with Gasteiger partial charge in [0.2, 0.25) is 0 Å². The Morgan fingerprint density at radius 1 is 1.06 bits per heavy atom. The lowest BCUT2D eigenvalue weighted by molar-refractivity contribution is 0.277. The van der Waals surface area contributed by atoms with E-state index in [0.717, 1.165) is 58.7 Å². The highest BCUT2D eigenvalue weighted by molar-refractivity contribution is 5.87. The van der Waals surface area contributed by atoms with E-state index in [-0.39, 0.29) is 11.4 Å². The van der Waals surface area contributed by atoms with Crippen LogP contribution >= 0.6 is 0 Å². The van der Waals surface area contributed by atoms with E-state index in [0.29, 0.717) is 21.4 Å². The average Bonchev–Trinajstić information content (AvgIpc) is 3.65. The zero-order valence-electron chi connectivity index (χ0n) is 20.3. The van der Waals surface area contributed by atoms with E-state index in [1.54, 1.807) is 18.8 Å². The molecule has 0 atom stereocenters. The summed E-state index contributed by atoms with van der Waals surface area (Å²) < 4.78 is 21.4. The van der Waals surface area contributed by atoms with Crippen LogP contribution in [0.2, 0.25) is 0 Å². The normalized spacial score (nSPS) is 15.4. The molecule has 0 unspecified atom stereocenters. The molecule has 1 saturated heterocycles. The van der Waals surface area contributed by atoms with Crippen molar-refractivity contribution in [2.45, 2.75) is 65.3 Å². The van der Waals surface area contributed by atoms with Gasteiger partial charge in [0.1, 0.15) is 5.82 Å². The third-order valence-corrected chi connectivity index (χ3v) is 5.40. The van der Waals surface area contributed by atoms with Crippen molar-refractivity contribution in [2.24, 2.45) is 0 Å². The quantitative estimate of drug-likeness (QED) is 0.677. The summed E-state index contributed by atoms with van der Waals surface area (Å²) in [7, 11) is 4.25. The number of nitrogen functional groups attached to an aromatic ring is 1. The largest absolute Gasteiger partial charge is 0.400 e. The molecule has 1 saturated carbocycles. The van der Waals surface area contributed by atoms with E-state index < -0.39 is 17.1 Å². The lowest BCUT2D eigenvalue weighted by Crippen LogP contribution is -2.44. The van der Waals surface area contributed by atoms with Crippen molar-refractivity contribution < 1.29 is 14.2 Å². The van der Waals surface area contributed by atoms with Crippen LogP contribution in [0.4, 0.5) is 10.1 Å². The predicted molar refractivity (Wildman–Crippen MR) is 129 cm³/mol. The maximum absolute atomic E-state index is 14.9. The van der Waals surface area contributed by atoms with Crippen LogP contribution in [0.1, 0.15) is 64.0 Å². The fourth-order valence-corrected chi connectivity index (χ4v) is 4.01. The van der Waals surface area contributed by atoms with Crippen LogP contribution in [0.3, 0.4) is 0 Å². The number of hydrogen-bond donors (Lipinski definition) is 2. The summed E-state index contributed by atoms with van der Waals surface area (Å²) in [5.74, 6) is 5.24. The minimum Gasteiger partial charge on any atom is -0.400 e. The molecular formula is C23H39FN4O4. The molecule has 4 rings (SSSR count). The number of anilines is 1. The number of hydrogen-bond acceptors (Lipinski definition) is 6. The van der Waals surface area contributed by atoms with Crippen LogP contribution < -0.4 is 22.0 Å². The maximum Gasteiger partial charge on any atom is 0.350 e. The number of methoxy groups -OCH3 is 1. The number of fused-ring (bicyclic) bond motifs is 1. The van der Waals surface area contributed by atoms with Crippen LogP contribution in [-0.2, 0) is 4.74 Å². The van der Waals surface area contributed by atoms with Crippen LogP contribution in [0.25, 0.3) is 10.9 Å². The molecule has 2 aromatic rings. The lowest BCUT2D eigenvalue weighted by Gasteiger charge is -2.26. The fourth-order valence-electron chi connectivity index (χ4n) is 4.01. The van der Waals surface area contributed by atoms with Crippen LogP contribution in [0.5, 0.6) is 0 Å². The molecule has 1 aliphatic heterocycles. The first-order valence-corrected chi connectivity index (χ1v) is 11.3. The second-order valence-electron chi connectivity index (χ2n) is 7.60. The number of aromatic nitrogens is 2. The first kappa shape index (κ1) is 27.6. The molecule has 1 aromatic carbocycles. The number of nitrogens with two attached hydrogens (primary N) is 1. The van der Waals surface area contributed by atoms with Crippen molar-refractivity contribution in [3.05, 3.63) is 38.3 Å². The second-order valence-corrected chi connectivity index (χ2v) is 7.60. The van der Waals surface area contributed by atoms with Gasteiger partial charge in [-0.1, -0.05) is 26.7 Å². The van der Waals surface area contributed by atoms with Crippen molar-refractivity contribution in [1.82, 2.24) is 9.24 Å². The molecule has 32 heavy (non-hydrogen) atoms. The van der Waals surface area contributed by atoms with E-state index in [1.807, 2.05) is 20.8 Å². The van der Waals surface area contributed by atoms with Gasteiger partial charge < -0.3 is 20.6 Å². The van der Waals surface area contributed by atoms with Gasteiger partial charge in [0.25, 0.3) is 5.56 Å². The van der Waals surface area contributed by atoms with Gasteiger partial charge in [-0.2, -0.15) is 4.68 Å². The SMILES string of the molecule is CC.CO.COC.Cc1c(N2CCCCCC2)c(F)cc2c(=O)n(N)c(=O)n(C3CC3)c12. The summed E-state index contributed by atoms with van der Waals surface area (Å²) >= 11 is 0. The fraction of sp³-hybridized carbons (Fsp3) is 0.652. The van der Waals surface area contributed by atoms with E-state index in [1.165, 1.54) is 6.07 Å². The molecule has 0 spiro atoms. The second kappa shape index (κ2) is 13.2. The minimum atomic E-state index is -0.638. The van der Waals surface area contributed by atoms with Crippen molar-refractivity contribution in [3.63, 3.8) is 0 Å². The molecule has 1 aliphatic carbocycles. The van der Waals surface area contributed by atoms with Crippen molar-refractivity contribution in [1.29, 1.82) is 0 Å². The Balaban J connectivity index is 0.000000662. The molecule has 1 aromatic heterocycles. The number of aliphatic hydroxyl groups excluding tert-OH is 1. The number of rotatable bonds is 2. The lowest BCUT2D eigenvalue weighted by atomic mass is 10.1. The van der Waals surface area contributed by atoms with Gasteiger partial charge in [-0.25, -0.2) is 9.18 Å². The Bertz CT molecular complexity index is 975. The zero-order chi connectivity index (χ0) is 24.4.